The van der Waals surface area contributed by atoms with Crippen molar-refractivity contribution in [1.82, 2.24) is 15.6 Å². The molecule has 0 fully saturated rings. The Morgan fingerprint density at radius 1 is 1.25 bits per heavy atom. The topological polar surface area (TPSA) is 52.6 Å². The van der Waals surface area contributed by atoms with Crippen LogP contribution in [0.4, 0.5) is 5.69 Å². The number of para-hydroxylation sites is 1. The van der Waals surface area contributed by atoms with Crippen LogP contribution in [0.3, 0.4) is 0 Å². The molecule has 1 aromatic heterocycles. The Balaban J connectivity index is 1.76. The predicted octanol–water partition coefficient (Wildman–Crippen LogP) is 2.69. The molecule has 1 heterocycles. The minimum absolute atomic E-state index is 0.743. The lowest BCUT2D eigenvalue weighted by molar-refractivity contribution is 0.777. The van der Waals surface area contributed by atoms with Crippen LogP contribution in [-0.4, -0.2) is 44.2 Å². The smallest absolute Gasteiger partial charge is 0.191 e. The van der Waals surface area contributed by atoms with Gasteiger partial charge in [-0.15, -0.1) is 11.3 Å². The monoisotopic (exact) mass is 345 g/mol. The average molecular weight is 346 g/mol. The first kappa shape index (κ1) is 18.3. The van der Waals surface area contributed by atoms with Crippen molar-refractivity contribution in [2.75, 3.05) is 38.1 Å². The molecule has 5 nitrogen and oxygen atoms in total. The molecule has 24 heavy (non-hydrogen) atoms. The third-order valence-corrected chi connectivity index (χ3v) is 4.41. The lowest BCUT2D eigenvalue weighted by Crippen LogP contribution is -2.41. The largest absolute Gasteiger partial charge is 0.373 e. The number of anilines is 1. The van der Waals surface area contributed by atoms with Gasteiger partial charge in [-0.25, -0.2) is 4.98 Å². The van der Waals surface area contributed by atoms with E-state index in [0.717, 1.165) is 49.3 Å². The van der Waals surface area contributed by atoms with Crippen LogP contribution < -0.4 is 15.5 Å². The van der Waals surface area contributed by atoms with Crippen LogP contribution >= 0.6 is 11.3 Å². The van der Waals surface area contributed by atoms with Crippen molar-refractivity contribution in [2.45, 2.75) is 20.3 Å². The minimum atomic E-state index is 0.743. The summed E-state index contributed by atoms with van der Waals surface area (Å²) in [5.74, 6) is 0.867. The maximum Gasteiger partial charge on any atom is 0.191 e. The second kappa shape index (κ2) is 9.93. The van der Waals surface area contributed by atoms with Gasteiger partial charge in [-0.1, -0.05) is 18.2 Å². The molecule has 0 saturated carbocycles. The molecule has 1 aromatic carbocycles. The lowest BCUT2D eigenvalue weighted by Gasteiger charge is -2.20. The van der Waals surface area contributed by atoms with Crippen molar-refractivity contribution in [3.8, 4) is 0 Å². The quantitative estimate of drug-likeness (QED) is 0.570. The number of aliphatic imine (C=N–C) groups is 1. The highest BCUT2D eigenvalue weighted by atomic mass is 32.1. The molecule has 130 valence electrons. The highest BCUT2D eigenvalue weighted by Gasteiger charge is 2.02. The average Bonchev–Trinajstić information content (AvgIpc) is 3.01. The normalized spacial score (nSPS) is 11.4. The summed E-state index contributed by atoms with van der Waals surface area (Å²) >= 11 is 1.69. The van der Waals surface area contributed by atoms with Crippen LogP contribution in [0.5, 0.6) is 0 Å². The summed E-state index contributed by atoms with van der Waals surface area (Å²) < 4.78 is 0. The predicted molar refractivity (Wildman–Crippen MR) is 104 cm³/mol. The molecule has 0 bridgehead atoms. The molecule has 0 aliphatic heterocycles. The number of benzene rings is 1. The van der Waals surface area contributed by atoms with E-state index in [2.05, 4.69) is 69.1 Å². The van der Waals surface area contributed by atoms with Crippen molar-refractivity contribution in [3.05, 3.63) is 46.4 Å². The Hall–Kier alpha value is -2.08. The molecule has 0 spiro atoms. The third kappa shape index (κ3) is 6.20. The zero-order valence-corrected chi connectivity index (χ0v) is 15.6. The van der Waals surface area contributed by atoms with Gasteiger partial charge in [0.25, 0.3) is 0 Å². The van der Waals surface area contributed by atoms with Gasteiger partial charge in [-0.05, 0) is 26.0 Å². The van der Waals surface area contributed by atoms with Crippen LogP contribution in [-0.2, 0) is 6.42 Å². The molecule has 0 radical (unpaired) electrons. The lowest BCUT2D eigenvalue weighted by atomic mass is 10.3. The van der Waals surface area contributed by atoms with Crippen molar-refractivity contribution in [1.29, 1.82) is 0 Å². The van der Waals surface area contributed by atoms with Crippen LogP contribution in [0.2, 0.25) is 0 Å². The van der Waals surface area contributed by atoms with E-state index in [1.807, 2.05) is 13.0 Å². The zero-order valence-electron chi connectivity index (χ0n) is 14.7. The molecule has 2 aromatic rings. The fourth-order valence-corrected chi connectivity index (χ4v) is 2.95. The van der Waals surface area contributed by atoms with E-state index in [0.29, 0.717) is 0 Å². The third-order valence-electron chi connectivity index (χ3n) is 3.59. The molecule has 0 aliphatic carbocycles. The second-order valence-corrected chi connectivity index (χ2v) is 6.61. The van der Waals surface area contributed by atoms with Crippen LogP contribution in [0, 0.1) is 6.92 Å². The van der Waals surface area contributed by atoms with Crippen LogP contribution in [0.25, 0.3) is 0 Å². The fraction of sp³-hybridized carbons (Fsp3) is 0.444. The SMILES string of the molecule is CCNC(=NCCc1csc(C)n1)NCCN(C)c1ccccc1. The molecular weight excluding hydrogens is 318 g/mol. The zero-order chi connectivity index (χ0) is 17.2. The van der Waals surface area contributed by atoms with E-state index >= 15 is 0 Å². The summed E-state index contributed by atoms with van der Waals surface area (Å²) in [5, 5.41) is 9.91. The molecule has 0 saturated heterocycles. The summed E-state index contributed by atoms with van der Waals surface area (Å²) in [6.07, 6.45) is 0.880. The number of nitrogens with zero attached hydrogens (tertiary/aromatic N) is 3. The van der Waals surface area contributed by atoms with Gasteiger partial charge >= 0.3 is 0 Å². The Bertz CT molecular complexity index is 623. The summed E-state index contributed by atoms with van der Waals surface area (Å²) in [6.45, 7) is 7.47. The number of aryl methyl sites for hydroxylation is 1. The van der Waals surface area contributed by atoms with E-state index in [9.17, 15) is 0 Å². The van der Waals surface area contributed by atoms with Crippen molar-refractivity contribution in [2.24, 2.45) is 4.99 Å². The maximum absolute atomic E-state index is 4.63. The van der Waals surface area contributed by atoms with E-state index < -0.39 is 0 Å². The Morgan fingerprint density at radius 3 is 2.71 bits per heavy atom. The first-order chi connectivity index (χ1) is 11.7. The number of hydrogen-bond donors (Lipinski definition) is 2. The number of rotatable bonds is 8. The molecule has 0 aliphatic rings. The number of likely N-dealkylation sites (N-methyl/N-ethyl adjacent to an activating group) is 1. The molecule has 6 heteroatoms. The Kier molecular flexibility index (Phi) is 7.55. The van der Waals surface area contributed by atoms with Gasteiger partial charge in [-0.3, -0.25) is 4.99 Å². The number of guanidine groups is 1. The van der Waals surface area contributed by atoms with Gasteiger partial charge in [-0.2, -0.15) is 0 Å². The minimum Gasteiger partial charge on any atom is -0.373 e. The molecule has 2 N–H and O–H groups in total. The first-order valence-corrected chi connectivity index (χ1v) is 9.26. The summed E-state index contributed by atoms with van der Waals surface area (Å²) in [4.78, 5) is 11.3. The summed E-state index contributed by atoms with van der Waals surface area (Å²) in [6, 6.07) is 10.4. The van der Waals surface area contributed by atoms with Gasteiger partial charge in [0.15, 0.2) is 5.96 Å². The van der Waals surface area contributed by atoms with Gasteiger partial charge in [0.1, 0.15) is 0 Å². The van der Waals surface area contributed by atoms with Gasteiger partial charge < -0.3 is 15.5 Å². The van der Waals surface area contributed by atoms with Crippen molar-refractivity contribution < 1.29 is 0 Å². The second-order valence-electron chi connectivity index (χ2n) is 5.55. The van der Waals surface area contributed by atoms with E-state index in [4.69, 9.17) is 0 Å². The summed E-state index contributed by atoms with van der Waals surface area (Å²) in [7, 11) is 2.10. The summed E-state index contributed by atoms with van der Waals surface area (Å²) in [5.41, 5.74) is 2.35. The molecule has 0 unspecified atom stereocenters. The molecule has 0 atom stereocenters. The Labute approximate surface area is 148 Å². The molecule has 0 amide bonds. The Morgan fingerprint density at radius 2 is 2.04 bits per heavy atom. The van der Waals surface area contributed by atoms with Gasteiger partial charge in [0.05, 0.1) is 10.7 Å². The van der Waals surface area contributed by atoms with Gasteiger partial charge in [0, 0.05) is 50.7 Å². The van der Waals surface area contributed by atoms with Crippen molar-refractivity contribution in [3.63, 3.8) is 0 Å². The van der Waals surface area contributed by atoms with E-state index in [-0.39, 0.29) is 0 Å². The number of nitrogens with one attached hydrogen (secondary N) is 2. The maximum atomic E-state index is 4.63. The molecular formula is C18H27N5S. The van der Waals surface area contributed by atoms with Crippen molar-refractivity contribution >= 4 is 23.0 Å². The molecule has 2 rings (SSSR count). The first-order valence-electron chi connectivity index (χ1n) is 8.38. The fourth-order valence-electron chi connectivity index (χ4n) is 2.30. The number of thiazole rings is 1. The van der Waals surface area contributed by atoms with E-state index in [1.165, 1.54) is 5.69 Å². The number of hydrogen-bond acceptors (Lipinski definition) is 4. The van der Waals surface area contributed by atoms with Crippen LogP contribution in [0.15, 0.2) is 40.7 Å². The highest BCUT2D eigenvalue weighted by molar-refractivity contribution is 7.09. The number of aromatic nitrogens is 1. The van der Waals surface area contributed by atoms with E-state index in [1.54, 1.807) is 11.3 Å². The van der Waals surface area contributed by atoms with Crippen LogP contribution in [0.1, 0.15) is 17.6 Å². The van der Waals surface area contributed by atoms with Gasteiger partial charge in [0.2, 0.25) is 0 Å². The highest BCUT2D eigenvalue weighted by Crippen LogP contribution is 2.10. The standard InChI is InChI=1S/C18H27N5S/c1-4-19-18(20-11-10-16-14-24-15(2)22-16)21-12-13-23(3)17-8-6-5-7-9-17/h5-9,14H,4,10-13H2,1-3H3,(H2,19,20,21).